The Hall–Kier alpha value is -2.07. The number of hydrogen-bond donors (Lipinski definition) is 1. The van der Waals surface area contributed by atoms with E-state index < -0.39 is 5.91 Å². The quantitative estimate of drug-likeness (QED) is 0.615. The first-order chi connectivity index (χ1) is 11.5. The third-order valence-electron chi connectivity index (χ3n) is 3.55. The molecule has 0 saturated carbocycles. The van der Waals surface area contributed by atoms with Crippen LogP contribution in [0.2, 0.25) is 15.1 Å². The number of pyridine rings is 1. The second-order valence-corrected chi connectivity index (χ2v) is 6.15. The van der Waals surface area contributed by atoms with Crippen molar-refractivity contribution in [3.63, 3.8) is 0 Å². The molecule has 0 unspecified atom stereocenters. The summed E-state index contributed by atoms with van der Waals surface area (Å²) in [5, 5.41) is 0.360. The highest BCUT2D eigenvalue weighted by Gasteiger charge is 2.26. The molecule has 0 aliphatic rings. The van der Waals surface area contributed by atoms with Crippen LogP contribution in [0.15, 0.2) is 54.7 Å². The molecule has 2 aromatic carbocycles. The van der Waals surface area contributed by atoms with Crippen molar-refractivity contribution < 1.29 is 4.79 Å². The standard InChI is InChI=1S/C18H11Cl3N2O/c19-15-12(10-6-2-1-3-7-10)13(11-8-4-5-9-23-11)14(18(22)24)16(20)17(15)21/h1-9H,(H2,22,24). The number of benzene rings is 2. The van der Waals surface area contributed by atoms with Crippen LogP contribution in [0.25, 0.3) is 22.4 Å². The van der Waals surface area contributed by atoms with Crippen LogP contribution in [0.4, 0.5) is 0 Å². The van der Waals surface area contributed by atoms with Gasteiger partial charge in [0, 0.05) is 17.3 Å². The Morgan fingerprint density at radius 1 is 0.833 bits per heavy atom. The van der Waals surface area contributed by atoms with Crippen LogP contribution in [0, 0.1) is 0 Å². The maximum Gasteiger partial charge on any atom is 0.250 e. The predicted molar refractivity (Wildman–Crippen MR) is 98.7 cm³/mol. The van der Waals surface area contributed by atoms with E-state index in [4.69, 9.17) is 40.5 Å². The molecule has 0 radical (unpaired) electrons. The van der Waals surface area contributed by atoms with Gasteiger partial charge >= 0.3 is 0 Å². The lowest BCUT2D eigenvalue weighted by Gasteiger charge is -2.18. The SMILES string of the molecule is NC(=O)c1c(Cl)c(Cl)c(Cl)c(-c2ccccc2)c1-c1ccccn1. The van der Waals surface area contributed by atoms with Gasteiger partial charge in [-0.1, -0.05) is 71.2 Å². The molecule has 0 spiro atoms. The Morgan fingerprint density at radius 2 is 1.50 bits per heavy atom. The van der Waals surface area contributed by atoms with Gasteiger partial charge in [-0.2, -0.15) is 0 Å². The minimum absolute atomic E-state index is 0.0227. The van der Waals surface area contributed by atoms with Gasteiger partial charge in [-0.15, -0.1) is 0 Å². The Bertz CT molecular complexity index is 913. The molecule has 0 bridgehead atoms. The van der Waals surface area contributed by atoms with Crippen LogP contribution < -0.4 is 5.73 Å². The number of aromatic nitrogens is 1. The summed E-state index contributed by atoms with van der Waals surface area (Å²) in [6, 6.07) is 14.7. The number of halogens is 3. The number of primary amides is 1. The number of hydrogen-bond acceptors (Lipinski definition) is 2. The lowest BCUT2D eigenvalue weighted by molar-refractivity contribution is 0.100. The molecule has 24 heavy (non-hydrogen) atoms. The topological polar surface area (TPSA) is 56.0 Å². The van der Waals surface area contributed by atoms with Gasteiger partial charge in [-0.05, 0) is 17.7 Å². The van der Waals surface area contributed by atoms with Crippen molar-refractivity contribution in [3.05, 3.63) is 75.4 Å². The number of nitrogens with two attached hydrogens (primary N) is 1. The Morgan fingerprint density at radius 3 is 2.08 bits per heavy atom. The van der Waals surface area contributed by atoms with Gasteiger partial charge in [0.2, 0.25) is 0 Å². The van der Waals surface area contributed by atoms with Gasteiger partial charge in [-0.25, -0.2) is 0 Å². The summed E-state index contributed by atoms with van der Waals surface area (Å²) in [5.74, 6) is -0.698. The number of amides is 1. The summed E-state index contributed by atoms with van der Waals surface area (Å²) >= 11 is 19.0. The summed E-state index contributed by atoms with van der Waals surface area (Å²) < 4.78 is 0. The smallest absolute Gasteiger partial charge is 0.250 e. The van der Waals surface area contributed by atoms with Crippen molar-refractivity contribution in [2.75, 3.05) is 0 Å². The average Bonchev–Trinajstić information content (AvgIpc) is 2.60. The third kappa shape index (κ3) is 2.86. The molecule has 0 aliphatic heterocycles. The van der Waals surface area contributed by atoms with Crippen LogP contribution in [0.3, 0.4) is 0 Å². The third-order valence-corrected chi connectivity index (χ3v) is 4.88. The lowest BCUT2D eigenvalue weighted by atomic mass is 9.92. The molecular weight excluding hydrogens is 367 g/mol. The monoisotopic (exact) mass is 376 g/mol. The van der Waals surface area contributed by atoms with E-state index in [-0.39, 0.29) is 20.6 Å². The molecule has 3 nitrogen and oxygen atoms in total. The fourth-order valence-electron chi connectivity index (χ4n) is 2.53. The molecule has 0 atom stereocenters. The van der Waals surface area contributed by atoms with Gasteiger partial charge in [0.25, 0.3) is 5.91 Å². The van der Waals surface area contributed by atoms with Crippen molar-refractivity contribution in [2.24, 2.45) is 5.73 Å². The van der Waals surface area contributed by atoms with Crippen molar-refractivity contribution in [1.82, 2.24) is 4.98 Å². The Labute approximate surface area is 154 Å². The van der Waals surface area contributed by atoms with E-state index in [9.17, 15) is 4.79 Å². The normalized spacial score (nSPS) is 10.6. The van der Waals surface area contributed by atoms with Gasteiger partial charge in [0.1, 0.15) is 0 Å². The van der Waals surface area contributed by atoms with Gasteiger partial charge < -0.3 is 5.73 Å². The fourth-order valence-corrected chi connectivity index (χ4v) is 3.35. The first-order valence-electron chi connectivity index (χ1n) is 6.99. The summed E-state index contributed by atoms with van der Waals surface area (Å²) in [5.41, 5.74) is 8.02. The van der Waals surface area contributed by atoms with Gasteiger partial charge in [0.15, 0.2) is 0 Å². The van der Waals surface area contributed by atoms with Crippen LogP contribution in [-0.4, -0.2) is 10.9 Å². The molecule has 2 N–H and O–H groups in total. The molecule has 0 fully saturated rings. The second-order valence-electron chi connectivity index (χ2n) is 5.01. The van der Waals surface area contributed by atoms with E-state index in [1.807, 2.05) is 30.3 Å². The molecular formula is C18H11Cl3N2O. The maximum atomic E-state index is 12.1. The Balaban J connectivity index is 2.50. The van der Waals surface area contributed by atoms with E-state index in [0.717, 1.165) is 5.56 Å². The number of carbonyl (C=O) groups is 1. The second kappa shape index (κ2) is 6.81. The highest BCUT2D eigenvalue weighted by Crippen LogP contribution is 2.47. The van der Waals surface area contributed by atoms with Gasteiger partial charge in [-0.3, -0.25) is 9.78 Å². The molecule has 3 rings (SSSR count). The predicted octanol–water partition coefficient (Wildman–Crippen LogP) is 5.47. The lowest BCUT2D eigenvalue weighted by Crippen LogP contribution is -2.14. The first-order valence-corrected chi connectivity index (χ1v) is 8.12. The van der Waals surface area contributed by atoms with Crippen molar-refractivity contribution in [3.8, 4) is 22.4 Å². The molecule has 0 saturated heterocycles. The zero-order valence-corrected chi connectivity index (χ0v) is 14.5. The molecule has 120 valence electrons. The molecule has 1 aromatic heterocycles. The molecule has 1 amide bonds. The zero-order valence-electron chi connectivity index (χ0n) is 12.3. The first kappa shape index (κ1) is 16.8. The summed E-state index contributed by atoms with van der Waals surface area (Å²) in [6.45, 7) is 0. The number of rotatable bonds is 3. The van der Waals surface area contributed by atoms with Gasteiger partial charge in [0.05, 0.1) is 26.3 Å². The fraction of sp³-hybridized carbons (Fsp3) is 0. The molecule has 0 aliphatic carbocycles. The summed E-state index contributed by atoms with van der Waals surface area (Å²) in [4.78, 5) is 16.4. The van der Waals surface area contributed by atoms with E-state index >= 15 is 0 Å². The molecule has 3 aromatic rings. The summed E-state index contributed by atoms with van der Waals surface area (Å²) in [7, 11) is 0. The molecule has 6 heteroatoms. The highest BCUT2D eigenvalue weighted by molar-refractivity contribution is 6.51. The van der Waals surface area contributed by atoms with Crippen molar-refractivity contribution >= 4 is 40.7 Å². The van der Waals surface area contributed by atoms with E-state index in [1.54, 1.807) is 24.4 Å². The zero-order chi connectivity index (χ0) is 17.3. The van der Waals surface area contributed by atoms with Crippen LogP contribution in [0.1, 0.15) is 10.4 Å². The number of carbonyl (C=O) groups excluding carboxylic acids is 1. The van der Waals surface area contributed by atoms with E-state index in [2.05, 4.69) is 4.98 Å². The molecule has 1 heterocycles. The van der Waals surface area contributed by atoms with Crippen LogP contribution in [0.5, 0.6) is 0 Å². The highest BCUT2D eigenvalue weighted by atomic mass is 35.5. The minimum atomic E-state index is -0.698. The average molecular weight is 378 g/mol. The van der Waals surface area contributed by atoms with E-state index in [1.165, 1.54) is 0 Å². The maximum absolute atomic E-state index is 12.1. The van der Waals surface area contributed by atoms with Crippen molar-refractivity contribution in [2.45, 2.75) is 0 Å². The number of nitrogens with zero attached hydrogens (tertiary/aromatic N) is 1. The van der Waals surface area contributed by atoms with Crippen LogP contribution in [-0.2, 0) is 0 Å². The summed E-state index contributed by atoms with van der Waals surface area (Å²) in [6.07, 6.45) is 1.62. The van der Waals surface area contributed by atoms with Crippen molar-refractivity contribution in [1.29, 1.82) is 0 Å². The van der Waals surface area contributed by atoms with E-state index in [0.29, 0.717) is 16.8 Å². The minimum Gasteiger partial charge on any atom is -0.366 e. The van der Waals surface area contributed by atoms with Crippen LogP contribution >= 0.6 is 34.8 Å². The Kier molecular flexibility index (Phi) is 4.76. The largest absolute Gasteiger partial charge is 0.366 e.